The molecule has 21 heavy (non-hydrogen) atoms. The van der Waals surface area contributed by atoms with E-state index in [4.69, 9.17) is 5.14 Å². The maximum absolute atomic E-state index is 11.2. The molecule has 0 saturated carbocycles. The van der Waals surface area contributed by atoms with Gasteiger partial charge in [-0.1, -0.05) is 30.3 Å². The average molecular weight is 303 g/mol. The van der Waals surface area contributed by atoms with Crippen LogP contribution in [-0.4, -0.2) is 26.5 Å². The molecular weight excluding hydrogens is 286 g/mol. The smallest absolute Gasteiger partial charge is 0.239 e. The Balaban J connectivity index is 1.75. The fourth-order valence-corrected chi connectivity index (χ4v) is 3.15. The Hall–Kier alpha value is -1.92. The predicted molar refractivity (Wildman–Crippen MR) is 81.6 cm³/mol. The minimum Gasteiger partial charge on any atom is -0.356 e. The molecule has 1 fully saturated rings. The molecule has 110 valence electrons. The van der Waals surface area contributed by atoms with Crippen molar-refractivity contribution in [3.63, 3.8) is 0 Å². The Morgan fingerprint density at radius 1 is 1.14 bits per heavy atom. The predicted octanol–water partition coefficient (Wildman–Crippen LogP) is 1.72. The minimum atomic E-state index is -3.68. The van der Waals surface area contributed by atoms with Crippen LogP contribution in [0, 0.1) is 0 Å². The summed E-state index contributed by atoms with van der Waals surface area (Å²) in [6.45, 7) is 1.81. The lowest BCUT2D eigenvalue weighted by Gasteiger charge is -2.17. The summed E-state index contributed by atoms with van der Waals surface area (Å²) in [5, 5.41) is 5.08. The highest BCUT2D eigenvalue weighted by Gasteiger charge is 2.24. The summed E-state index contributed by atoms with van der Waals surface area (Å²) >= 11 is 0. The first kappa shape index (κ1) is 14.0. The van der Waals surface area contributed by atoms with Gasteiger partial charge in [-0.25, -0.2) is 18.5 Å². The van der Waals surface area contributed by atoms with Gasteiger partial charge in [0.15, 0.2) is 0 Å². The van der Waals surface area contributed by atoms with Crippen LogP contribution in [0.25, 0.3) is 0 Å². The zero-order valence-corrected chi connectivity index (χ0v) is 12.3. The Bertz CT molecular complexity index is 714. The molecular formula is C15H17N3O2S. The van der Waals surface area contributed by atoms with Crippen molar-refractivity contribution in [1.82, 2.24) is 4.98 Å². The quantitative estimate of drug-likeness (QED) is 0.936. The van der Waals surface area contributed by atoms with E-state index in [9.17, 15) is 8.42 Å². The van der Waals surface area contributed by atoms with Gasteiger partial charge in [0.1, 0.15) is 10.7 Å². The maximum Gasteiger partial charge on any atom is 0.239 e. The number of hydrogen-bond donors (Lipinski definition) is 1. The molecule has 1 aromatic heterocycles. The molecule has 2 aromatic rings. The fraction of sp³-hybridized carbons (Fsp3) is 0.267. The number of hydrogen-bond acceptors (Lipinski definition) is 4. The highest BCUT2D eigenvalue weighted by molar-refractivity contribution is 7.89. The van der Waals surface area contributed by atoms with Crippen LogP contribution < -0.4 is 10.0 Å². The summed E-state index contributed by atoms with van der Waals surface area (Å²) in [7, 11) is -3.68. The van der Waals surface area contributed by atoms with Crippen LogP contribution in [-0.2, 0) is 10.0 Å². The highest BCUT2D eigenvalue weighted by Crippen LogP contribution is 2.29. The normalized spacial score (nSPS) is 18.9. The van der Waals surface area contributed by atoms with Gasteiger partial charge in [0.25, 0.3) is 0 Å². The van der Waals surface area contributed by atoms with E-state index in [1.807, 2.05) is 6.07 Å². The van der Waals surface area contributed by atoms with Gasteiger partial charge in [0, 0.05) is 25.2 Å². The largest absolute Gasteiger partial charge is 0.356 e. The number of primary sulfonamides is 1. The molecule has 0 radical (unpaired) electrons. The third-order valence-electron chi connectivity index (χ3n) is 3.83. The van der Waals surface area contributed by atoms with Crippen molar-refractivity contribution in [2.45, 2.75) is 17.2 Å². The van der Waals surface area contributed by atoms with Crippen molar-refractivity contribution in [2.75, 3.05) is 18.0 Å². The lowest BCUT2D eigenvalue weighted by Crippen LogP contribution is -2.21. The molecule has 0 aliphatic carbocycles. The fourth-order valence-electron chi connectivity index (χ4n) is 2.69. The van der Waals surface area contributed by atoms with Crippen molar-refractivity contribution in [1.29, 1.82) is 0 Å². The van der Waals surface area contributed by atoms with Crippen molar-refractivity contribution >= 4 is 15.8 Å². The Morgan fingerprint density at radius 3 is 2.52 bits per heavy atom. The summed E-state index contributed by atoms with van der Waals surface area (Å²) < 4.78 is 22.5. The van der Waals surface area contributed by atoms with Crippen LogP contribution >= 0.6 is 0 Å². The number of benzene rings is 1. The number of nitrogens with two attached hydrogens (primary N) is 1. The maximum atomic E-state index is 11.2. The molecule has 1 aromatic carbocycles. The Labute approximate surface area is 124 Å². The molecule has 0 bridgehead atoms. The lowest BCUT2D eigenvalue weighted by atomic mass is 9.99. The molecule has 0 amide bonds. The van der Waals surface area contributed by atoms with Crippen LogP contribution in [0.15, 0.2) is 53.6 Å². The Morgan fingerprint density at radius 2 is 1.90 bits per heavy atom. The summed E-state index contributed by atoms with van der Waals surface area (Å²) in [4.78, 5) is 6.44. The number of nitrogens with zero attached hydrogens (tertiary/aromatic N) is 2. The monoisotopic (exact) mass is 303 g/mol. The van der Waals surface area contributed by atoms with E-state index < -0.39 is 10.0 Å². The number of pyridine rings is 1. The molecule has 1 aliphatic rings. The van der Waals surface area contributed by atoms with E-state index in [1.165, 1.54) is 17.8 Å². The van der Waals surface area contributed by atoms with Gasteiger partial charge >= 0.3 is 0 Å². The molecule has 1 atom stereocenters. The zero-order valence-electron chi connectivity index (χ0n) is 11.5. The molecule has 5 nitrogen and oxygen atoms in total. The van der Waals surface area contributed by atoms with Gasteiger partial charge in [-0.3, -0.25) is 0 Å². The minimum absolute atomic E-state index is 0.0463. The summed E-state index contributed by atoms with van der Waals surface area (Å²) in [6, 6.07) is 13.6. The topological polar surface area (TPSA) is 76.3 Å². The van der Waals surface area contributed by atoms with Gasteiger partial charge in [0.2, 0.25) is 10.0 Å². The Kier molecular flexibility index (Phi) is 3.65. The number of rotatable bonds is 3. The van der Waals surface area contributed by atoms with Crippen LogP contribution in [0.5, 0.6) is 0 Å². The SMILES string of the molecule is NS(=O)(=O)c1ccc(N2CCC(c3ccccc3)C2)nc1. The second-order valence-electron chi connectivity index (χ2n) is 5.24. The molecule has 6 heteroatoms. The highest BCUT2D eigenvalue weighted by atomic mass is 32.2. The average Bonchev–Trinajstić information content (AvgIpc) is 2.97. The van der Waals surface area contributed by atoms with Crippen LogP contribution in [0.1, 0.15) is 17.9 Å². The van der Waals surface area contributed by atoms with E-state index in [0.29, 0.717) is 5.92 Å². The molecule has 2 N–H and O–H groups in total. The van der Waals surface area contributed by atoms with E-state index in [0.717, 1.165) is 25.3 Å². The second kappa shape index (κ2) is 5.46. The van der Waals surface area contributed by atoms with Crippen molar-refractivity contribution in [3.8, 4) is 0 Å². The first-order valence-electron chi connectivity index (χ1n) is 6.83. The van der Waals surface area contributed by atoms with E-state index >= 15 is 0 Å². The number of anilines is 1. The first-order valence-corrected chi connectivity index (χ1v) is 8.37. The van der Waals surface area contributed by atoms with E-state index in [2.05, 4.69) is 34.1 Å². The third-order valence-corrected chi connectivity index (χ3v) is 4.73. The van der Waals surface area contributed by atoms with Crippen LogP contribution in [0.2, 0.25) is 0 Å². The van der Waals surface area contributed by atoms with Crippen molar-refractivity contribution in [2.24, 2.45) is 5.14 Å². The zero-order chi connectivity index (χ0) is 14.9. The lowest BCUT2D eigenvalue weighted by molar-refractivity contribution is 0.597. The second-order valence-corrected chi connectivity index (χ2v) is 6.80. The van der Waals surface area contributed by atoms with Crippen LogP contribution in [0.3, 0.4) is 0 Å². The summed E-state index contributed by atoms with van der Waals surface area (Å²) in [6.07, 6.45) is 2.39. The molecule has 2 heterocycles. The van der Waals surface area contributed by atoms with E-state index in [-0.39, 0.29) is 4.90 Å². The third kappa shape index (κ3) is 3.06. The van der Waals surface area contributed by atoms with Crippen molar-refractivity contribution < 1.29 is 8.42 Å². The molecule has 0 spiro atoms. The van der Waals surface area contributed by atoms with Gasteiger partial charge in [0.05, 0.1) is 0 Å². The number of aromatic nitrogens is 1. The molecule has 3 rings (SSSR count). The van der Waals surface area contributed by atoms with Crippen molar-refractivity contribution in [3.05, 3.63) is 54.2 Å². The van der Waals surface area contributed by atoms with E-state index in [1.54, 1.807) is 6.07 Å². The summed E-state index contributed by atoms with van der Waals surface area (Å²) in [5.74, 6) is 1.28. The standard InChI is InChI=1S/C15H17N3O2S/c16-21(19,20)14-6-7-15(17-10-14)18-9-8-13(11-18)12-4-2-1-3-5-12/h1-7,10,13H,8-9,11H2,(H2,16,19,20). The van der Waals surface area contributed by atoms with Gasteiger partial charge in [-0.15, -0.1) is 0 Å². The molecule has 1 saturated heterocycles. The van der Waals surface area contributed by atoms with Gasteiger partial charge in [-0.2, -0.15) is 0 Å². The first-order chi connectivity index (χ1) is 10.0. The summed E-state index contributed by atoms with van der Waals surface area (Å²) in [5.41, 5.74) is 1.33. The van der Waals surface area contributed by atoms with Crippen LogP contribution in [0.4, 0.5) is 5.82 Å². The number of sulfonamides is 1. The molecule has 1 aliphatic heterocycles. The van der Waals surface area contributed by atoms with Gasteiger partial charge in [-0.05, 0) is 24.1 Å². The molecule has 1 unspecified atom stereocenters. The van der Waals surface area contributed by atoms with Gasteiger partial charge < -0.3 is 4.90 Å².